The molecule has 0 aliphatic heterocycles. The number of aliphatic carboxylic acids is 1. The van der Waals surface area contributed by atoms with Gasteiger partial charge in [-0.25, -0.2) is 4.68 Å². The lowest BCUT2D eigenvalue weighted by Crippen LogP contribution is -2.14. The van der Waals surface area contributed by atoms with Gasteiger partial charge in [0.05, 0.1) is 24.0 Å². The van der Waals surface area contributed by atoms with Crippen molar-refractivity contribution in [2.24, 2.45) is 0 Å². The van der Waals surface area contributed by atoms with E-state index in [4.69, 9.17) is 0 Å². The molecule has 0 radical (unpaired) electrons. The SMILES string of the molecule is CCCCCCCC(C(=O)O)c1ccccc1-n1ccnn1. The van der Waals surface area contributed by atoms with Crippen LogP contribution >= 0.6 is 0 Å². The molecular formula is C17H23N3O2. The first-order valence-electron chi connectivity index (χ1n) is 7.92. The Labute approximate surface area is 131 Å². The second kappa shape index (κ2) is 8.32. The number of hydrogen-bond acceptors (Lipinski definition) is 3. The average Bonchev–Trinajstić information content (AvgIpc) is 3.05. The minimum Gasteiger partial charge on any atom is -0.481 e. The van der Waals surface area contributed by atoms with Crippen LogP contribution in [0.25, 0.3) is 5.69 Å². The number of rotatable bonds is 9. The maximum Gasteiger partial charge on any atom is 0.311 e. The molecule has 0 fully saturated rings. The molecule has 22 heavy (non-hydrogen) atoms. The van der Waals surface area contributed by atoms with Gasteiger partial charge in [-0.05, 0) is 18.1 Å². The summed E-state index contributed by atoms with van der Waals surface area (Å²) in [4.78, 5) is 11.7. The van der Waals surface area contributed by atoms with Crippen molar-refractivity contribution in [2.75, 3.05) is 0 Å². The lowest BCUT2D eigenvalue weighted by Gasteiger charge is -2.16. The van der Waals surface area contributed by atoms with Crippen molar-refractivity contribution >= 4 is 5.97 Å². The first-order valence-corrected chi connectivity index (χ1v) is 7.92. The maximum atomic E-state index is 11.7. The van der Waals surface area contributed by atoms with Crippen molar-refractivity contribution < 1.29 is 9.90 Å². The third kappa shape index (κ3) is 4.16. The van der Waals surface area contributed by atoms with Gasteiger partial charge in [-0.3, -0.25) is 4.79 Å². The average molecular weight is 301 g/mol. The van der Waals surface area contributed by atoms with Crippen molar-refractivity contribution in [3.8, 4) is 5.69 Å². The largest absolute Gasteiger partial charge is 0.481 e. The summed E-state index contributed by atoms with van der Waals surface area (Å²) in [5, 5.41) is 17.4. The van der Waals surface area contributed by atoms with Crippen LogP contribution in [0.1, 0.15) is 56.9 Å². The smallest absolute Gasteiger partial charge is 0.311 e. The van der Waals surface area contributed by atoms with E-state index in [2.05, 4.69) is 17.2 Å². The van der Waals surface area contributed by atoms with Crippen LogP contribution in [-0.2, 0) is 4.79 Å². The van der Waals surface area contributed by atoms with Crippen molar-refractivity contribution in [1.29, 1.82) is 0 Å². The molecule has 0 bridgehead atoms. The molecule has 0 saturated carbocycles. The van der Waals surface area contributed by atoms with Crippen LogP contribution in [0.2, 0.25) is 0 Å². The second-order valence-corrected chi connectivity index (χ2v) is 5.50. The number of hydrogen-bond donors (Lipinski definition) is 1. The first kappa shape index (κ1) is 16.2. The highest BCUT2D eigenvalue weighted by Crippen LogP contribution is 2.28. The van der Waals surface area contributed by atoms with E-state index in [0.717, 1.165) is 24.1 Å². The Morgan fingerprint density at radius 2 is 2.00 bits per heavy atom. The zero-order valence-corrected chi connectivity index (χ0v) is 13.0. The fourth-order valence-corrected chi connectivity index (χ4v) is 2.69. The molecule has 0 amide bonds. The Kier molecular flexibility index (Phi) is 6.13. The number of para-hydroxylation sites is 1. The molecular weight excluding hydrogens is 278 g/mol. The van der Waals surface area contributed by atoms with Gasteiger partial charge in [0.25, 0.3) is 0 Å². The van der Waals surface area contributed by atoms with E-state index in [1.165, 1.54) is 19.3 Å². The van der Waals surface area contributed by atoms with Gasteiger partial charge >= 0.3 is 5.97 Å². The Hall–Kier alpha value is -2.17. The van der Waals surface area contributed by atoms with Crippen LogP contribution < -0.4 is 0 Å². The number of carboxylic acid groups (broad SMARTS) is 1. The zero-order chi connectivity index (χ0) is 15.8. The molecule has 0 aliphatic rings. The summed E-state index contributed by atoms with van der Waals surface area (Å²) in [6.07, 6.45) is 9.59. The molecule has 0 aliphatic carbocycles. The normalized spacial score (nSPS) is 12.2. The Morgan fingerprint density at radius 3 is 2.68 bits per heavy atom. The highest BCUT2D eigenvalue weighted by Gasteiger charge is 2.22. The van der Waals surface area contributed by atoms with Crippen LogP contribution in [0.4, 0.5) is 0 Å². The van der Waals surface area contributed by atoms with Gasteiger partial charge in [-0.15, -0.1) is 5.10 Å². The van der Waals surface area contributed by atoms with E-state index < -0.39 is 11.9 Å². The van der Waals surface area contributed by atoms with E-state index in [9.17, 15) is 9.90 Å². The molecule has 5 heteroatoms. The number of carboxylic acids is 1. The molecule has 1 aromatic heterocycles. The molecule has 118 valence electrons. The summed E-state index contributed by atoms with van der Waals surface area (Å²) < 4.78 is 1.63. The summed E-state index contributed by atoms with van der Waals surface area (Å²) in [6.45, 7) is 2.18. The zero-order valence-electron chi connectivity index (χ0n) is 13.0. The quantitative estimate of drug-likeness (QED) is 0.715. The fraction of sp³-hybridized carbons (Fsp3) is 0.471. The van der Waals surface area contributed by atoms with Gasteiger partial charge < -0.3 is 5.11 Å². The standard InChI is InChI=1S/C17H23N3O2/c1-2-3-4-5-6-10-15(17(21)22)14-9-7-8-11-16(14)20-13-12-18-19-20/h7-9,11-13,15H,2-6,10H2,1H3,(H,21,22). The molecule has 1 heterocycles. The molecule has 1 N–H and O–H groups in total. The minimum atomic E-state index is -0.775. The predicted molar refractivity (Wildman–Crippen MR) is 85.1 cm³/mol. The fourth-order valence-electron chi connectivity index (χ4n) is 2.69. The Balaban J connectivity index is 2.13. The van der Waals surface area contributed by atoms with Crippen molar-refractivity contribution in [3.63, 3.8) is 0 Å². The molecule has 1 aromatic carbocycles. The summed E-state index contributed by atoms with van der Waals surface area (Å²) in [5.74, 6) is -1.27. The highest BCUT2D eigenvalue weighted by molar-refractivity contribution is 5.77. The van der Waals surface area contributed by atoms with Crippen LogP contribution in [0.15, 0.2) is 36.7 Å². The lowest BCUT2D eigenvalue weighted by molar-refractivity contribution is -0.139. The van der Waals surface area contributed by atoms with E-state index in [1.807, 2.05) is 24.3 Å². The van der Waals surface area contributed by atoms with Gasteiger partial charge in [0.1, 0.15) is 0 Å². The molecule has 2 aromatic rings. The van der Waals surface area contributed by atoms with Gasteiger partial charge in [0.15, 0.2) is 0 Å². The summed E-state index contributed by atoms with van der Waals surface area (Å²) >= 11 is 0. The minimum absolute atomic E-state index is 0.498. The van der Waals surface area contributed by atoms with Gasteiger partial charge in [-0.1, -0.05) is 62.4 Å². The van der Waals surface area contributed by atoms with E-state index in [0.29, 0.717) is 6.42 Å². The number of nitrogens with zero attached hydrogens (tertiary/aromatic N) is 3. The van der Waals surface area contributed by atoms with Gasteiger partial charge in [0, 0.05) is 0 Å². The van der Waals surface area contributed by atoms with Crippen molar-refractivity contribution in [3.05, 3.63) is 42.2 Å². The Bertz CT molecular complexity index is 581. The molecule has 0 saturated heterocycles. The molecule has 2 rings (SSSR count). The second-order valence-electron chi connectivity index (χ2n) is 5.50. The number of benzene rings is 1. The van der Waals surface area contributed by atoms with E-state index in [1.54, 1.807) is 17.1 Å². The lowest BCUT2D eigenvalue weighted by atomic mass is 9.91. The molecule has 1 unspecified atom stereocenters. The number of aromatic nitrogens is 3. The molecule has 0 spiro atoms. The van der Waals surface area contributed by atoms with Gasteiger partial charge in [-0.2, -0.15) is 0 Å². The molecule has 5 nitrogen and oxygen atoms in total. The van der Waals surface area contributed by atoms with E-state index in [-0.39, 0.29) is 0 Å². The number of unbranched alkanes of at least 4 members (excludes halogenated alkanes) is 4. The molecule has 1 atom stereocenters. The third-order valence-electron chi connectivity index (χ3n) is 3.88. The van der Waals surface area contributed by atoms with Gasteiger partial charge in [0.2, 0.25) is 0 Å². The van der Waals surface area contributed by atoms with Crippen LogP contribution in [0.3, 0.4) is 0 Å². The predicted octanol–water partition coefficient (Wildman–Crippen LogP) is 3.80. The Morgan fingerprint density at radius 1 is 1.23 bits per heavy atom. The van der Waals surface area contributed by atoms with Crippen molar-refractivity contribution in [1.82, 2.24) is 15.0 Å². The van der Waals surface area contributed by atoms with E-state index >= 15 is 0 Å². The number of carbonyl (C=O) groups is 1. The maximum absolute atomic E-state index is 11.7. The third-order valence-corrected chi connectivity index (χ3v) is 3.88. The monoisotopic (exact) mass is 301 g/mol. The van der Waals surface area contributed by atoms with Crippen LogP contribution in [0.5, 0.6) is 0 Å². The van der Waals surface area contributed by atoms with Crippen molar-refractivity contribution in [2.45, 2.75) is 51.4 Å². The highest BCUT2D eigenvalue weighted by atomic mass is 16.4. The summed E-state index contributed by atoms with van der Waals surface area (Å²) in [7, 11) is 0. The van der Waals surface area contributed by atoms with Crippen LogP contribution in [-0.4, -0.2) is 26.1 Å². The first-order chi connectivity index (χ1) is 10.7. The summed E-state index contributed by atoms with van der Waals surface area (Å²) in [5.41, 5.74) is 1.59. The topological polar surface area (TPSA) is 68.0 Å². The summed E-state index contributed by atoms with van der Waals surface area (Å²) in [6, 6.07) is 7.53. The van der Waals surface area contributed by atoms with Crippen LogP contribution in [0, 0.1) is 0 Å².